The first-order chi connectivity index (χ1) is 14.1. The molecule has 0 unspecified atom stereocenters. The van der Waals surface area contributed by atoms with E-state index in [0.29, 0.717) is 19.6 Å². The van der Waals surface area contributed by atoms with Crippen LogP contribution in [-0.4, -0.2) is 39.2 Å². The van der Waals surface area contributed by atoms with Crippen LogP contribution in [0.25, 0.3) is 11.0 Å². The van der Waals surface area contributed by atoms with Crippen LogP contribution < -0.4 is 10.6 Å². The number of nitrogens with zero attached hydrogens (tertiary/aromatic N) is 4. The van der Waals surface area contributed by atoms with Crippen molar-refractivity contribution in [3.8, 4) is 0 Å². The number of anilines is 1. The van der Waals surface area contributed by atoms with Gasteiger partial charge in [0.05, 0.1) is 23.3 Å². The van der Waals surface area contributed by atoms with Crippen molar-refractivity contribution < 1.29 is 9.90 Å². The average Bonchev–Trinajstić information content (AvgIpc) is 3.07. The zero-order valence-electron chi connectivity index (χ0n) is 16.7. The van der Waals surface area contributed by atoms with Gasteiger partial charge in [0.1, 0.15) is 5.82 Å². The summed E-state index contributed by atoms with van der Waals surface area (Å²) in [5, 5.41) is 9.18. The fourth-order valence-electron chi connectivity index (χ4n) is 3.94. The smallest absolute Gasteiger partial charge is 0.324 e. The third-order valence-corrected chi connectivity index (χ3v) is 5.46. The van der Waals surface area contributed by atoms with Gasteiger partial charge in [-0.05, 0) is 42.2 Å². The van der Waals surface area contributed by atoms with Crippen molar-refractivity contribution in [3.05, 3.63) is 59.4 Å². The second-order valence-corrected chi connectivity index (χ2v) is 7.49. The van der Waals surface area contributed by atoms with Gasteiger partial charge in [0, 0.05) is 33.3 Å². The zero-order valence-corrected chi connectivity index (χ0v) is 16.7. The monoisotopic (exact) mass is 393 g/mol. The maximum absolute atomic E-state index is 12.9. The van der Waals surface area contributed by atoms with E-state index in [1.54, 1.807) is 9.80 Å². The van der Waals surface area contributed by atoms with E-state index in [1.165, 1.54) is 0 Å². The van der Waals surface area contributed by atoms with Crippen LogP contribution in [0.2, 0.25) is 0 Å². The number of carbonyl (C=O) groups is 1. The molecule has 3 aromatic rings. The average molecular weight is 393 g/mol. The highest BCUT2D eigenvalue weighted by Gasteiger charge is 2.29. The number of imidazole rings is 1. The van der Waals surface area contributed by atoms with Gasteiger partial charge in [0.2, 0.25) is 0 Å². The Bertz CT molecular complexity index is 1030. The van der Waals surface area contributed by atoms with Crippen molar-refractivity contribution in [2.45, 2.75) is 39.0 Å². The number of para-hydroxylation sites is 1. The van der Waals surface area contributed by atoms with Crippen molar-refractivity contribution in [2.75, 3.05) is 18.6 Å². The molecule has 0 fully saturated rings. The number of aryl methyl sites for hydroxylation is 1. The molecular weight excluding hydrogens is 366 g/mol. The van der Waals surface area contributed by atoms with E-state index in [2.05, 4.69) is 10.6 Å². The Morgan fingerprint density at radius 3 is 2.79 bits per heavy atom. The first-order valence-corrected chi connectivity index (χ1v) is 10.0. The lowest BCUT2D eigenvalue weighted by atomic mass is 10.1. The van der Waals surface area contributed by atoms with Gasteiger partial charge >= 0.3 is 6.03 Å². The highest BCUT2D eigenvalue weighted by molar-refractivity contribution is 5.94. The Morgan fingerprint density at radius 1 is 1.17 bits per heavy atom. The lowest BCUT2D eigenvalue weighted by Crippen LogP contribution is -2.45. The van der Waals surface area contributed by atoms with Gasteiger partial charge in [-0.1, -0.05) is 24.3 Å². The third kappa shape index (κ3) is 3.71. The van der Waals surface area contributed by atoms with Gasteiger partial charge in [-0.25, -0.2) is 9.78 Å². The molecule has 2 heterocycles. The standard InChI is InChI=1S/C22H27N5O2/c1-25-14-17-6-2-3-7-19(17)27(22(25)29)15-21-24-18-12-16(13-23)8-9-20(18)26(21)10-4-5-11-28/h2-3,6-9,12,28H,4-5,10-11,13-15,23H2,1H3. The minimum absolute atomic E-state index is 0.0275. The molecule has 0 bridgehead atoms. The molecule has 4 rings (SSSR count). The number of carbonyl (C=O) groups excluding carboxylic acids is 1. The highest BCUT2D eigenvalue weighted by Crippen LogP contribution is 2.30. The van der Waals surface area contributed by atoms with Gasteiger partial charge in [0.15, 0.2) is 0 Å². The number of rotatable bonds is 7. The largest absolute Gasteiger partial charge is 0.396 e. The van der Waals surface area contributed by atoms with Gasteiger partial charge in [-0.3, -0.25) is 4.90 Å². The quantitative estimate of drug-likeness (QED) is 0.604. The molecular formula is C22H27N5O2. The van der Waals surface area contributed by atoms with Gasteiger partial charge in [0.25, 0.3) is 0 Å². The molecule has 0 spiro atoms. The number of aromatic nitrogens is 2. The molecule has 0 radical (unpaired) electrons. The topological polar surface area (TPSA) is 87.6 Å². The molecule has 0 aliphatic carbocycles. The first kappa shape index (κ1) is 19.4. The second-order valence-electron chi connectivity index (χ2n) is 7.49. The Kier molecular flexibility index (Phi) is 5.51. The summed E-state index contributed by atoms with van der Waals surface area (Å²) in [4.78, 5) is 21.3. The molecule has 3 N–H and O–H groups in total. The predicted octanol–water partition coefficient (Wildman–Crippen LogP) is 2.84. The third-order valence-electron chi connectivity index (χ3n) is 5.46. The number of hydrogen-bond donors (Lipinski definition) is 2. The second kappa shape index (κ2) is 8.23. The molecule has 0 saturated heterocycles. The number of aliphatic hydroxyl groups excluding tert-OH is 1. The van der Waals surface area contributed by atoms with Crippen LogP contribution in [0, 0.1) is 0 Å². The maximum atomic E-state index is 12.9. The SMILES string of the molecule is CN1Cc2ccccc2N(Cc2nc3cc(CN)ccc3n2CCCCO)C1=O. The fourth-order valence-corrected chi connectivity index (χ4v) is 3.94. The van der Waals surface area contributed by atoms with Crippen LogP contribution in [0.4, 0.5) is 10.5 Å². The number of fused-ring (bicyclic) bond motifs is 2. The van der Waals surface area contributed by atoms with E-state index >= 15 is 0 Å². The summed E-state index contributed by atoms with van der Waals surface area (Å²) in [7, 11) is 1.82. The number of benzene rings is 2. The summed E-state index contributed by atoms with van der Waals surface area (Å²) < 4.78 is 2.16. The molecule has 0 saturated carbocycles. The molecule has 7 heteroatoms. The van der Waals surface area contributed by atoms with Gasteiger partial charge < -0.3 is 20.3 Å². The van der Waals surface area contributed by atoms with Crippen LogP contribution in [-0.2, 0) is 26.2 Å². The van der Waals surface area contributed by atoms with Crippen LogP contribution >= 0.6 is 0 Å². The van der Waals surface area contributed by atoms with E-state index in [-0.39, 0.29) is 12.6 Å². The molecule has 0 atom stereocenters. The lowest BCUT2D eigenvalue weighted by Gasteiger charge is -2.35. The summed E-state index contributed by atoms with van der Waals surface area (Å²) in [5.41, 5.74) is 10.8. The normalized spacial score (nSPS) is 14.0. The van der Waals surface area contributed by atoms with Crippen LogP contribution in [0.3, 0.4) is 0 Å². The van der Waals surface area contributed by atoms with Crippen molar-refractivity contribution in [3.63, 3.8) is 0 Å². The fraction of sp³-hybridized carbons (Fsp3) is 0.364. The molecule has 1 aliphatic rings. The molecule has 2 aromatic carbocycles. The van der Waals surface area contributed by atoms with Crippen molar-refractivity contribution in [1.29, 1.82) is 0 Å². The number of aliphatic hydroxyl groups is 1. The van der Waals surface area contributed by atoms with Crippen molar-refractivity contribution in [2.24, 2.45) is 5.73 Å². The molecule has 152 valence electrons. The number of nitrogens with two attached hydrogens (primary N) is 1. The predicted molar refractivity (Wildman–Crippen MR) is 113 cm³/mol. The Morgan fingerprint density at radius 2 is 2.00 bits per heavy atom. The maximum Gasteiger partial charge on any atom is 0.324 e. The van der Waals surface area contributed by atoms with Crippen molar-refractivity contribution >= 4 is 22.8 Å². The Hall–Kier alpha value is -2.90. The highest BCUT2D eigenvalue weighted by atomic mass is 16.3. The van der Waals surface area contributed by atoms with Crippen molar-refractivity contribution in [1.82, 2.24) is 14.5 Å². The minimum atomic E-state index is -0.0275. The zero-order chi connectivity index (χ0) is 20.4. The number of hydrogen-bond acceptors (Lipinski definition) is 4. The van der Waals surface area contributed by atoms with Gasteiger partial charge in [-0.2, -0.15) is 0 Å². The van der Waals surface area contributed by atoms with Crippen LogP contribution in [0.1, 0.15) is 29.8 Å². The number of amides is 2. The van der Waals surface area contributed by atoms with Gasteiger partial charge in [-0.15, -0.1) is 0 Å². The van der Waals surface area contributed by atoms with E-state index in [0.717, 1.165) is 53.1 Å². The minimum Gasteiger partial charge on any atom is -0.396 e. The number of urea groups is 1. The molecule has 29 heavy (non-hydrogen) atoms. The van der Waals surface area contributed by atoms with Crippen LogP contribution in [0.15, 0.2) is 42.5 Å². The molecule has 2 amide bonds. The van der Waals surface area contributed by atoms with E-state index in [9.17, 15) is 9.90 Å². The van der Waals surface area contributed by atoms with E-state index in [4.69, 9.17) is 10.7 Å². The summed E-state index contributed by atoms with van der Waals surface area (Å²) in [6.07, 6.45) is 1.58. The van der Waals surface area contributed by atoms with E-state index < -0.39 is 0 Å². The molecule has 7 nitrogen and oxygen atoms in total. The number of unbranched alkanes of at least 4 members (excludes halogenated alkanes) is 1. The lowest BCUT2D eigenvalue weighted by molar-refractivity contribution is 0.210. The summed E-state index contributed by atoms with van der Waals surface area (Å²) in [6, 6.07) is 14.1. The first-order valence-electron chi connectivity index (χ1n) is 10.0. The molecule has 1 aliphatic heterocycles. The Labute approximate surface area is 170 Å². The molecule has 1 aromatic heterocycles. The van der Waals surface area contributed by atoms with E-state index in [1.807, 2.05) is 43.4 Å². The summed E-state index contributed by atoms with van der Waals surface area (Å²) in [6.45, 7) is 2.38. The summed E-state index contributed by atoms with van der Waals surface area (Å²) >= 11 is 0. The van der Waals surface area contributed by atoms with Crippen LogP contribution in [0.5, 0.6) is 0 Å². The summed E-state index contributed by atoms with van der Waals surface area (Å²) in [5.74, 6) is 0.838. The Balaban J connectivity index is 1.74.